The summed E-state index contributed by atoms with van der Waals surface area (Å²) in [6.07, 6.45) is 4.03. The first-order chi connectivity index (χ1) is 5.72. The van der Waals surface area contributed by atoms with Crippen LogP contribution in [-0.2, 0) is 9.53 Å². The number of hydrogen-bond donors (Lipinski definition) is 1. The molecule has 0 aromatic heterocycles. The fourth-order valence-corrected chi connectivity index (χ4v) is 0.981. The van der Waals surface area contributed by atoms with E-state index in [4.69, 9.17) is 10.5 Å². The number of esters is 1. The molecule has 0 bridgehead atoms. The Bertz CT molecular complexity index is 126. The first-order valence-corrected chi connectivity index (χ1v) is 4.64. The van der Waals surface area contributed by atoms with Gasteiger partial charge in [0.25, 0.3) is 0 Å². The maximum atomic E-state index is 11.0. The first kappa shape index (κ1) is 11.4. The molecule has 0 aromatic carbocycles. The summed E-state index contributed by atoms with van der Waals surface area (Å²) in [5.74, 6) is -0.270. The lowest BCUT2D eigenvalue weighted by molar-refractivity contribution is -0.144. The van der Waals surface area contributed by atoms with Crippen molar-refractivity contribution in [1.29, 1.82) is 0 Å². The van der Waals surface area contributed by atoms with E-state index in [0.717, 1.165) is 25.7 Å². The molecule has 0 spiro atoms. The fraction of sp³-hybridized carbons (Fsp3) is 0.889. The molecule has 72 valence electrons. The highest BCUT2D eigenvalue weighted by atomic mass is 16.5. The number of rotatable bonds is 6. The Labute approximate surface area is 74.3 Å². The molecule has 0 amide bonds. The second kappa shape index (κ2) is 7.10. The van der Waals surface area contributed by atoms with Crippen molar-refractivity contribution in [2.24, 2.45) is 5.73 Å². The molecule has 0 aliphatic heterocycles. The van der Waals surface area contributed by atoms with Crippen molar-refractivity contribution in [2.75, 3.05) is 6.61 Å². The van der Waals surface area contributed by atoms with Crippen molar-refractivity contribution in [3.05, 3.63) is 0 Å². The van der Waals surface area contributed by atoms with Crippen molar-refractivity contribution in [3.8, 4) is 0 Å². The topological polar surface area (TPSA) is 52.3 Å². The van der Waals surface area contributed by atoms with Crippen LogP contribution in [0.4, 0.5) is 0 Å². The van der Waals surface area contributed by atoms with Gasteiger partial charge < -0.3 is 10.5 Å². The molecule has 1 atom stereocenters. The third-order valence-electron chi connectivity index (χ3n) is 1.71. The molecule has 0 saturated heterocycles. The fourth-order valence-electron chi connectivity index (χ4n) is 0.981. The molecule has 0 aliphatic carbocycles. The largest absolute Gasteiger partial charge is 0.465 e. The van der Waals surface area contributed by atoms with Crippen LogP contribution in [0.25, 0.3) is 0 Å². The zero-order valence-corrected chi connectivity index (χ0v) is 8.01. The lowest BCUT2D eigenvalue weighted by Crippen LogP contribution is -2.32. The number of carbonyl (C=O) groups is 1. The zero-order valence-electron chi connectivity index (χ0n) is 8.01. The van der Waals surface area contributed by atoms with Crippen LogP contribution in [0, 0.1) is 0 Å². The zero-order chi connectivity index (χ0) is 9.40. The van der Waals surface area contributed by atoms with Crippen molar-refractivity contribution in [3.63, 3.8) is 0 Å². The number of unbranched alkanes of at least 4 members (excludes halogenated alkanes) is 2. The Morgan fingerprint density at radius 1 is 1.42 bits per heavy atom. The van der Waals surface area contributed by atoms with Gasteiger partial charge in [-0.15, -0.1) is 0 Å². The predicted molar refractivity (Wildman–Crippen MR) is 48.8 cm³/mol. The normalized spacial score (nSPS) is 12.6. The summed E-state index contributed by atoms with van der Waals surface area (Å²) in [6, 6.07) is -0.420. The quantitative estimate of drug-likeness (QED) is 0.488. The second-order valence-corrected chi connectivity index (χ2v) is 2.85. The van der Waals surface area contributed by atoms with Gasteiger partial charge in [-0.25, -0.2) is 0 Å². The van der Waals surface area contributed by atoms with Gasteiger partial charge >= 0.3 is 5.97 Å². The minimum atomic E-state index is -0.420. The maximum Gasteiger partial charge on any atom is 0.322 e. The Kier molecular flexibility index (Phi) is 6.76. The van der Waals surface area contributed by atoms with Crippen molar-refractivity contribution < 1.29 is 9.53 Å². The average Bonchev–Trinajstić information content (AvgIpc) is 2.05. The van der Waals surface area contributed by atoms with Crippen LogP contribution < -0.4 is 5.73 Å². The van der Waals surface area contributed by atoms with Crippen LogP contribution in [0.5, 0.6) is 0 Å². The van der Waals surface area contributed by atoms with E-state index in [-0.39, 0.29) is 5.97 Å². The molecule has 0 heterocycles. The van der Waals surface area contributed by atoms with Crippen molar-refractivity contribution in [1.82, 2.24) is 0 Å². The van der Waals surface area contributed by atoms with E-state index in [2.05, 4.69) is 6.92 Å². The van der Waals surface area contributed by atoms with Crippen LogP contribution in [0.15, 0.2) is 0 Å². The molecule has 0 saturated carbocycles. The molecule has 0 unspecified atom stereocenters. The molecule has 0 aliphatic rings. The Morgan fingerprint density at radius 3 is 2.58 bits per heavy atom. The number of nitrogens with two attached hydrogens (primary N) is 1. The summed E-state index contributed by atoms with van der Waals surface area (Å²) in [5.41, 5.74) is 5.57. The van der Waals surface area contributed by atoms with Gasteiger partial charge in [-0.2, -0.15) is 0 Å². The lowest BCUT2D eigenvalue weighted by Gasteiger charge is -2.09. The summed E-state index contributed by atoms with van der Waals surface area (Å²) in [4.78, 5) is 11.0. The predicted octanol–water partition coefficient (Wildman–Crippen LogP) is 1.46. The van der Waals surface area contributed by atoms with E-state index in [9.17, 15) is 4.79 Å². The monoisotopic (exact) mass is 173 g/mol. The van der Waals surface area contributed by atoms with Crippen LogP contribution in [0.2, 0.25) is 0 Å². The van der Waals surface area contributed by atoms with E-state index in [1.165, 1.54) is 0 Å². The number of carbonyl (C=O) groups excluding carboxylic acids is 1. The highest BCUT2D eigenvalue weighted by Gasteiger charge is 2.12. The molecular formula is C9H19NO2. The highest BCUT2D eigenvalue weighted by molar-refractivity contribution is 5.75. The van der Waals surface area contributed by atoms with Gasteiger partial charge in [0.15, 0.2) is 0 Å². The molecule has 3 heteroatoms. The van der Waals surface area contributed by atoms with E-state index < -0.39 is 6.04 Å². The van der Waals surface area contributed by atoms with Gasteiger partial charge in [-0.3, -0.25) is 4.79 Å². The minimum Gasteiger partial charge on any atom is -0.465 e. The summed E-state index contributed by atoms with van der Waals surface area (Å²) in [6.45, 7) is 4.33. The third kappa shape index (κ3) is 5.13. The molecule has 0 fully saturated rings. The third-order valence-corrected chi connectivity index (χ3v) is 1.71. The van der Waals surface area contributed by atoms with Crippen LogP contribution in [0.3, 0.4) is 0 Å². The van der Waals surface area contributed by atoms with Gasteiger partial charge in [0.05, 0.1) is 6.61 Å². The second-order valence-electron chi connectivity index (χ2n) is 2.85. The van der Waals surface area contributed by atoms with E-state index >= 15 is 0 Å². The van der Waals surface area contributed by atoms with E-state index in [1.54, 1.807) is 6.92 Å². The average molecular weight is 173 g/mol. The summed E-state index contributed by atoms with van der Waals surface area (Å²) < 4.78 is 4.77. The first-order valence-electron chi connectivity index (χ1n) is 4.64. The minimum absolute atomic E-state index is 0.270. The van der Waals surface area contributed by atoms with Crippen molar-refractivity contribution >= 4 is 5.97 Å². The molecule has 0 aromatic rings. The smallest absolute Gasteiger partial charge is 0.322 e. The molecule has 0 radical (unpaired) electrons. The summed E-state index contributed by atoms with van der Waals surface area (Å²) in [5, 5.41) is 0. The molecule has 12 heavy (non-hydrogen) atoms. The molecule has 3 nitrogen and oxygen atoms in total. The maximum absolute atomic E-state index is 11.0. The van der Waals surface area contributed by atoms with Crippen LogP contribution in [-0.4, -0.2) is 18.6 Å². The van der Waals surface area contributed by atoms with E-state index in [0.29, 0.717) is 6.61 Å². The summed E-state index contributed by atoms with van der Waals surface area (Å²) >= 11 is 0. The SMILES string of the molecule is CCCCC[C@@H](N)C(=O)OCC. The molecular weight excluding hydrogens is 154 g/mol. The number of ether oxygens (including phenoxy) is 1. The lowest BCUT2D eigenvalue weighted by atomic mass is 10.1. The van der Waals surface area contributed by atoms with Gasteiger partial charge in [0.1, 0.15) is 6.04 Å². The highest BCUT2D eigenvalue weighted by Crippen LogP contribution is 2.02. The van der Waals surface area contributed by atoms with Gasteiger partial charge in [0.2, 0.25) is 0 Å². The standard InChI is InChI=1S/C9H19NO2/c1-3-5-6-7-8(10)9(11)12-4-2/h8H,3-7,10H2,1-2H3/t8-/m1/s1. The Hall–Kier alpha value is -0.570. The van der Waals surface area contributed by atoms with Crippen LogP contribution >= 0.6 is 0 Å². The van der Waals surface area contributed by atoms with E-state index in [1.807, 2.05) is 0 Å². The molecule has 2 N–H and O–H groups in total. The number of hydrogen-bond acceptors (Lipinski definition) is 3. The van der Waals surface area contributed by atoms with Crippen molar-refractivity contribution in [2.45, 2.75) is 45.6 Å². The molecule has 0 rings (SSSR count). The Balaban J connectivity index is 3.42. The Morgan fingerprint density at radius 2 is 2.08 bits per heavy atom. The summed E-state index contributed by atoms with van der Waals surface area (Å²) in [7, 11) is 0. The van der Waals surface area contributed by atoms with Gasteiger partial charge in [-0.1, -0.05) is 26.2 Å². The van der Waals surface area contributed by atoms with Gasteiger partial charge in [0, 0.05) is 0 Å². The van der Waals surface area contributed by atoms with Gasteiger partial charge in [-0.05, 0) is 13.3 Å². The van der Waals surface area contributed by atoms with Crippen LogP contribution in [0.1, 0.15) is 39.5 Å².